The van der Waals surface area contributed by atoms with Crippen LogP contribution in [0, 0.1) is 6.92 Å². The highest BCUT2D eigenvalue weighted by atomic mass is 14.2. The summed E-state index contributed by atoms with van der Waals surface area (Å²) in [6, 6.07) is 4.69. The summed E-state index contributed by atoms with van der Waals surface area (Å²) in [5.41, 5.74) is 7.92. The smallest absolute Gasteiger partial charge is 0.0195 e. The van der Waals surface area contributed by atoms with Crippen LogP contribution in [0.15, 0.2) is 18.2 Å². The van der Waals surface area contributed by atoms with E-state index < -0.39 is 0 Å². The van der Waals surface area contributed by atoms with Gasteiger partial charge in [-0.05, 0) is 66.9 Å². The van der Waals surface area contributed by atoms with Crippen molar-refractivity contribution in [2.24, 2.45) is 0 Å². The number of hydrogen-bond acceptors (Lipinski definition) is 0. The second kappa shape index (κ2) is 4.86. The molecule has 0 bridgehead atoms. The molecule has 0 saturated heterocycles. The van der Waals surface area contributed by atoms with Gasteiger partial charge in [-0.3, -0.25) is 0 Å². The summed E-state index contributed by atoms with van der Waals surface area (Å²) >= 11 is 0. The van der Waals surface area contributed by atoms with Gasteiger partial charge in [0.25, 0.3) is 0 Å². The minimum Gasteiger partial charge on any atom is -0.0804 e. The summed E-state index contributed by atoms with van der Waals surface area (Å²) in [6.07, 6.45) is 8.92. The summed E-state index contributed by atoms with van der Waals surface area (Å²) in [5, 5.41) is 0. The van der Waals surface area contributed by atoms with Crippen LogP contribution in [0.1, 0.15) is 55.4 Å². The van der Waals surface area contributed by atoms with Crippen molar-refractivity contribution in [2.45, 2.75) is 52.9 Å². The fourth-order valence-corrected chi connectivity index (χ4v) is 2.73. The summed E-state index contributed by atoms with van der Waals surface area (Å²) in [5.74, 6) is 0. The van der Waals surface area contributed by atoms with E-state index in [0.717, 1.165) is 0 Å². The molecule has 86 valence electrons. The Kier molecular flexibility index (Phi) is 3.48. The molecule has 0 nitrogen and oxygen atoms in total. The van der Waals surface area contributed by atoms with E-state index in [2.05, 4.69) is 25.1 Å². The van der Waals surface area contributed by atoms with E-state index in [9.17, 15) is 0 Å². The molecular weight excluding hydrogens is 192 g/mol. The van der Waals surface area contributed by atoms with Gasteiger partial charge in [0.15, 0.2) is 0 Å². The SMILES string of the molecule is CC.Cc1c(C2=CCC2)ccc2c1CCC2. The van der Waals surface area contributed by atoms with E-state index in [0.29, 0.717) is 0 Å². The molecule has 0 aliphatic heterocycles. The van der Waals surface area contributed by atoms with Crippen LogP contribution in [-0.2, 0) is 12.8 Å². The van der Waals surface area contributed by atoms with Gasteiger partial charge in [-0.25, -0.2) is 0 Å². The van der Waals surface area contributed by atoms with Crippen molar-refractivity contribution in [3.8, 4) is 0 Å². The van der Waals surface area contributed by atoms with Gasteiger partial charge < -0.3 is 0 Å². The normalized spacial score (nSPS) is 16.8. The Balaban J connectivity index is 0.000000457. The molecule has 0 spiro atoms. The zero-order chi connectivity index (χ0) is 11.5. The number of fused-ring (bicyclic) bond motifs is 1. The predicted octanol–water partition coefficient (Wildman–Crippen LogP) is 4.69. The average Bonchev–Trinajstić information content (AvgIpc) is 2.71. The van der Waals surface area contributed by atoms with Crippen molar-refractivity contribution in [2.75, 3.05) is 0 Å². The zero-order valence-electron chi connectivity index (χ0n) is 10.8. The fourth-order valence-electron chi connectivity index (χ4n) is 2.73. The third kappa shape index (κ3) is 1.81. The van der Waals surface area contributed by atoms with Crippen molar-refractivity contribution in [3.05, 3.63) is 40.5 Å². The van der Waals surface area contributed by atoms with E-state index in [1.807, 2.05) is 13.8 Å². The molecule has 1 aromatic carbocycles. The number of allylic oxidation sites excluding steroid dienone is 2. The van der Waals surface area contributed by atoms with E-state index in [1.54, 1.807) is 22.3 Å². The molecule has 1 aromatic rings. The average molecular weight is 214 g/mol. The molecule has 2 aliphatic carbocycles. The van der Waals surface area contributed by atoms with Crippen LogP contribution in [0.5, 0.6) is 0 Å². The summed E-state index contributed by atoms with van der Waals surface area (Å²) in [4.78, 5) is 0. The largest absolute Gasteiger partial charge is 0.0804 e. The maximum atomic E-state index is 2.38. The lowest BCUT2D eigenvalue weighted by atomic mass is 9.86. The van der Waals surface area contributed by atoms with Gasteiger partial charge in [0, 0.05) is 0 Å². The summed E-state index contributed by atoms with van der Waals surface area (Å²) in [6.45, 7) is 6.30. The topological polar surface area (TPSA) is 0 Å². The molecule has 0 heteroatoms. The zero-order valence-corrected chi connectivity index (χ0v) is 10.8. The number of rotatable bonds is 1. The first-order valence-electron chi connectivity index (χ1n) is 6.67. The quantitative estimate of drug-likeness (QED) is 0.636. The second-order valence-electron chi connectivity index (χ2n) is 4.50. The highest BCUT2D eigenvalue weighted by molar-refractivity contribution is 5.73. The molecule has 0 amide bonds. The Morgan fingerprint density at radius 2 is 1.75 bits per heavy atom. The molecule has 0 aromatic heterocycles. The predicted molar refractivity (Wildman–Crippen MR) is 71.8 cm³/mol. The van der Waals surface area contributed by atoms with Crippen molar-refractivity contribution in [1.29, 1.82) is 0 Å². The van der Waals surface area contributed by atoms with Crippen LogP contribution in [0.2, 0.25) is 0 Å². The highest BCUT2D eigenvalue weighted by Crippen LogP contribution is 2.35. The molecule has 3 rings (SSSR count). The molecule has 0 fully saturated rings. The van der Waals surface area contributed by atoms with Crippen LogP contribution in [-0.4, -0.2) is 0 Å². The number of hydrogen-bond donors (Lipinski definition) is 0. The maximum absolute atomic E-state index is 2.38. The first-order valence-corrected chi connectivity index (χ1v) is 6.67. The van der Waals surface area contributed by atoms with Crippen molar-refractivity contribution in [1.82, 2.24) is 0 Å². The molecule has 0 radical (unpaired) electrons. The standard InChI is InChI=1S/C14H16.C2H6/c1-10-13-7-3-6-12(13)8-9-14(10)11-4-2-5-11;1-2/h4,8-9H,2-3,5-7H2,1H3;1-2H3. The van der Waals surface area contributed by atoms with Gasteiger partial charge in [0.05, 0.1) is 0 Å². The van der Waals surface area contributed by atoms with Crippen LogP contribution in [0.3, 0.4) is 0 Å². The fraction of sp³-hybridized carbons (Fsp3) is 0.500. The second-order valence-corrected chi connectivity index (χ2v) is 4.50. The Bertz CT molecular complexity index is 410. The summed E-state index contributed by atoms with van der Waals surface area (Å²) in [7, 11) is 0. The lowest BCUT2D eigenvalue weighted by Gasteiger charge is -2.19. The molecular formula is C16H22. The van der Waals surface area contributed by atoms with E-state index in [4.69, 9.17) is 0 Å². The third-order valence-corrected chi connectivity index (χ3v) is 3.72. The molecule has 16 heavy (non-hydrogen) atoms. The Hall–Kier alpha value is -1.04. The van der Waals surface area contributed by atoms with Gasteiger partial charge in [0.1, 0.15) is 0 Å². The summed E-state index contributed by atoms with van der Waals surface area (Å²) < 4.78 is 0. The van der Waals surface area contributed by atoms with Crippen molar-refractivity contribution >= 4 is 5.57 Å². The first kappa shape index (κ1) is 11.4. The van der Waals surface area contributed by atoms with Crippen molar-refractivity contribution < 1.29 is 0 Å². The lowest BCUT2D eigenvalue weighted by Crippen LogP contribution is -1.99. The van der Waals surface area contributed by atoms with Gasteiger partial charge >= 0.3 is 0 Å². The van der Waals surface area contributed by atoms with Gasteiger partial charge in [-0.2, -0.15) is 0 Å². The van der Waals surface area contributed by atoms with Crippen LogP contribution in [0.25, 0.3) is 5.57 Å². The molecule has 0 saturated carbocycles. The van der Waals surface area contributed by atoms with Crippen LogP contribution >= 0.6 is 0 Å². The van der Waals surface area contributed by atoms with Crippen LogP contribution in [0.4, 0.5) is 0 Å². The maximum Gasteiger partial charge on any atom is -0.0195 e. The van der Waals surface area contributed by atoms with Gasteiger partial charge in [0.2, 0.25) is 0 Å². The Morgan fingerprint density at radius 1 is 1.00 bits per heavy atom. The number of aryl methyl sites for hydroxylation is 1. The highest BCUT2D eigenvalue weighted by Gasteiger charge is 2.18. The van der Waals surface area contributed by atoms with E-state index in [-0.39, 0.29) is 0 Å². The lowest BCUT2D eigenvalue weighted by molar-refractivity contribution is 0.908. The van der Waals surface area contributed by atoms with E-state index in [1.165, 1.54) is 37.7 Å². The van der Waals surface area contributed by atoms with Crippen LogP contribution < -0.4 is 0 Å². The minimum absolute atomic E-state index is 1.28. The van der Waals surface area contributed by atoms with Gasteiger partial charge in [-0.15, -0.1) is 0 Å². The molecule has 0 unspecified atom stereocenters. The minimum atomic E-state index is 1.28. The third-order valence-electron chi connectivity index (χ3n) is 3.72. The molecule has 0 heterocycles. The Labute approximate surface area is 99.4 Å². The first-order chi connectivity index (χ1) is 7.86. The van der Waals surface area contributed by atoms with Gasteiger partial charge in [-0.1, -0.05) is 32.1 Å². The molecule has 0 atom stereocenters. The Morgan fingerprint density at radius 3 is 2.38 bits per heavy atom. The number of benzene rings is 1. The van der Waals surface area contributed by atoms with E-state index >= 15 is 0 Å². The van der Waals surface area contributed by atoms with Crippen molar-refractivity contribution in [3.63, 3.8) is 0 Å². The monoisotopic (exact) mass is 214 g/mol. The molecule has 0 N–H and O–H groups in total. The molecule has 2 aliphatic rings.